The van der Waals surface area contributed by atoms with Crippen LogP contribution in [-0.2, 0) is 31.9 Å². The molecule has 3 heterocycles. The van der Waals surface area contributed by atoms with Crippen molar-refractivity contribution >= 4 is 44.6 Å². The van der Waals surface area contributed by atoms with E-state index >= 15 is 0 Å². The molecule has 9 aromatic carbocycles. The normalized spacial score (nSPS) is 18.5. The Hall–Kier alpha value is -7.98. The molecule has 390 valence electrons. The number of aryl methyl sites for hydroxylation is 1. The SMILES string of the molecule is [2H]c1c([2H])c([2H])c(-c2cnc(-n3c4[c-]c(Oc5[c-]c(N6[CH-]N(c7cc(C(C)(C)C)cc8c7C7c9cc(C(C)(C)C)ccc9C8C8c9ccccc9C7c7ccccc78)c7ccccc76)ccc5)ccc4c4ccccc43)cc2C)c([2H])c1[2H].[Pt]. The van der Waals surface area contributed by atoms with Crippen LogP contribution in [0.4, 0.5) is 22.7 Å². The zero-order valence-electron chi connectivity index (χ0n) is 50.1. The third-order valence-electron chi connectivity index (χ3n) is 17.1. The molecule has 7 aliphatic rings. The summed E-state index contributed by atoms with van der Waals surface area (Å²) in [6.07, 6.45) is 1.60. The van der Waals surface area contributed by atoms with Gasteiger partial charge in [-0.05, 0) is 120 Å². The van der Waals surface area contributed by atoms with E-state index in [1.54, 1.807) is 6.20 Å². The molecule has 0 spiro atoms. The molecule has 2 unspecified atom stereocenters. The minimum atomic E-state index is -0.430. The molecule has 2 atom stereocenters. The molecular weight excluding hydrogens is 1140 g/mol. The predicted molar refractivity (Wildman–Crippen MR) is 318 cm³/mol. The van der Waals surface area contributed by atoms with Crippen molar-refractivity contribution in [2.45, 2.75) is 83.0 Å². The van der Waals surface area contributed by atoms with Gasteiger partial charge >= 0.3 is 0 Å². The van der Waals surface area contributed by atoms with E-state index in [4.69, 9.17) is 16.6 Å². The minimum absolute atomic E-state index is 0. The summed E-state index contributed by atoms with van der Waals surface area (Å²) < 4.78 is 51.0. The van der Waals surface area contributed by atoms with Gasteiger partial charge in [0, 0.05) is 90.6 Å². The number of anilines is 4. The zero-order chi connectivity index (χ0) is 57.1. The molecule has 1 aliphatic heterocycles. The van der Waals surface area contributed by atoms with E-state index in [1.165, 1.54) is 61.3 Å². The maximum absolute atomic E-state index is 8.67. The van der Waals surface area contributed by atoms with Crippen molar-refractivity contribution in [2.24, 2.45) is 0 Å². The molecule has 5 nitrogen and oxygen atoms in total. The Balaban J connectivity index is 0.00000627. The van der Waals surface area contributed by atoms with Crippen LogP contribution in [-0.4, -0.2) is 9.55 Å². The summed E-state index contributed by atoms with van der Waals surface area (Å²) in [6, 6.07) is 65.4. The fraction of sp³-hybridized carbons (Fsp3) is 0.178. The topological polar surface area (TPSA) is 33.5 Å². The van der Waals surface area contributed by atoms with Gasteiger partial charge in [0.15, 0.2) is 0 Å². The Morgan fingerprint density at radius 3 is 1.84 bits per heavy atom. The summed E-state index contributed by atoms with van der Waals surface area (Å²) in [5.41, 5.74) is 21.0. The smallest absolute Gasteiger partial charge is 0.135 e. The molecule has 0 fully saturated rings. The summed E-state index contributed by atoms with van der Waals surface area (Å²) in [4.78, 5) is 9.59. The maximum atomic E-state index is 8.67. The van der Waals surface area contributed by atoms with Crippen molar-refractivity contribution in [3.8, 4) is 28.4 Å². The number of rotatable bonds is 6. The van der Waals surface area contributed by atoms with E-state index in [2.05, 4.69) is 191 Å². The number of hydrogen-bond donors (Lipinski definition) is 0. The number of fused-ring (bicyclic) bond motifs is 4. The van der Waals surface area contributed by atoms with Gasteiger partial charge in [0.2, 0.25) is 0 Å². The molecule has 11 aromatic rings. The van der Waals surface area contributed by atoms with E-state index in [0.717, 1.165) is 38.9 Å². The van der Waals surface area contributed by atoms with Crippen LogP contribution in [0.5, 0.6) is 11.5 Å². The summed E-state index contributed by atoms with van der Waals surface area (Å²) in [6.45, 7) is 18.2. The van der Waals surface area contributed by atoms with Gasteiger partial charge in [-0.15, -0.1) is 48.1 Å². The molecule has 6 heteroatoms. The van der Waals surface area contributed by atoms with Crippen LogP contribution in [0.3, 0.4) is 0 Å². The molecule has 4 bridgehead atoms. The van der Waals surface area contributed by atoms with E-state index < -0.39 is 6.04 Å². The molecule has 79 heavy (non-hydrogen) atoms. The minimum Gasteiger partial charge on any atom is -0.509 e. The summed E-state index contributed by atoms with van der Waals surface area (Å²) >= 11 is 0. The second-order valence-electron chi connectivity index (χ2n) is 23.7. The van der Waals surface area contributed by atoms with Gasteiger partial charge in [0.25, 0.3) is 0 Å². The van der Waals surface area contributed by atoms with Gasteiger partial charge < -0.3 is 19.1 Å². The van der Waals surface area contributed by atoms with Crippen molar-refractivity contribution in [3.63, 3.8) is 0 Å². The quantitative estimate of drug-likeness (QED) is 0.155. The first kappa shape index (κ1) is 43.9. The van der Waals surface area contributed by atoms with E-state index in [0.29, 0.717) is 28.4 Å². The fourth-order valence-electron chi connectivity index (χ4n) is 13.5. The second-order valence-corrected chi connectivity index (χ2v) is 23.7. The largest absolute Gasteiger partial charge is 0.509 e. The van der Waals surface area contributed by atoms with Gasteiger partial charge in [0.1, 0.15) is 5.82 Å². The Morgan fingerprint density at radius 1 is 0.532 bits per heavy atom. The molecule has 0 amide bonds. The molecule has 0 N–H and O–H groups in total. The van der Waals surface area contributed by atoms with Crippen molar-refractivity contribution < 1.29 is 32.7 Å². The maximum Gasteiger partial charge on any atom is 0.135 e. The number of hydrogen-bond acceptors (Lipinski definition) is 4. The van der Waals surface area contributed by atoms with E-state index in [-0.39, 0.29) is 85.3 Å². The van der Waals surface area contributed by atoms with Crippen molar-refractivity contribution in [2.75, 3.05) is 9.80 Å². The molecule has 2 aromatic heterocycles. The van der Waals surface area contributed by atoms with Crippen LogP contribution in [0, 0.1) is 25.7 Å². The molecule has 0 radical (unpaired) electrons. The monoisotopic (exact) mass is 1210 g/mol. The van der Waals surface area contributed by atoms with Crippen LogP contribution in [0.2, 0.25) is 0 Å². The first-order valence-corrected chi connectivity index (χ1v) is 27.2. The van der Waals surface area contributed by atoms with Crippen molar-refractivity contribution in [1.82, 2.24) is 9.55 Å². The zero-order valence-corrected chi connectivity index (χ0v) is 47.3. The van der Waals surface area contributed by atoms with Crippen molar-refractivity contribution in [1.29, 1.82) is 0 Å². The summed E-state index contributed by atoms with van der Waals surface area (Å²) in [7, 11) is 0. The van der Waals surface area contributed by atoms with E-state index in [9.17, 15) is 0 Å². The molecular formula is C73H59N4OPt-3. The van der Waals surface area contributed by atoms with Crippen LogP contribution >= 0.6 is 0 Å². The Kier molecular flexibility index (Phi) is 10.2. The average Bonchev–Trinajstić information content (AvgIpc) is 0.832. The standard InChI is InChI=1S/C73H59N4O.Pt/c1-44-36-66(74-42-60(44)45-20-9-8-10-21-45)77-61-29-16-15-24-51(61)52-35-33-50(41-64(52)77)78-49-23-19-22-48(40-49)75-43-76(63-31-18-17-30-62(63)75)65-39-47(73(5,6)7)38-59-69-57-34-32-46(72(2,3)4)37-58(57)71(70(59)65)68-55-27-13-11-25-53(55)67(69)54-26-12-14-28-56(54)68;/h8-39,42-43,67-69,71H,1-7H3;/q-3;/i8D,9D,10D,20D,21D;. The number of benzene rings is 9. The van der Waals surface area contributed by atoms with Gasteiger partial charge in [-0.1, -0.05) is 180 Å². The molecule has 0 saturated heterocycles. The Morgan fingerprint density at radius 2 is 1.14 bits per heavy atom. The Labute approximate surface area is 485 Å². The van der Waals surface area contributed by atoms with Crippen LogP contribution in [0.25, 0.3) is 38.8 Å². The van der Waals surface area contributed by atoms with Gasteiger partial charge in [-0.3, -0.25) is 0 Å². The number of aromatic nitrogens is 2. The third kappa shape index (κ3) is 7.71. The third-order valence-corrected chi connectivity index (χ3v) is 17.1. The van der Waals surface area contributed by atoms with Gasteiger partial charge in [-0.25, -0.2) is 4.98 Å². The first-order chi connectivity index (χ1) is 39.9. The number of para-hydroxylation sites is 3. The Bertz CT molecular complexity index is 4500. The molecule has 6 aliphatic carbocycles. The molecule has 0 saturated carbocycles. The van der Waals surface area contributed by atoms with Gasteiger partial charge in [0.05, 0.1) is 6.85 Å². The van der Waals surface area contributed by atoms with Crippen molar-refractivity contribution in [3.05, 3.63) is 280 Å². The van der Waals surface area contributed by atoms with Crippen LogP contribution in [0.15, 0.2) is 200 Å². The van der Waals surface area contributed by atoms with Crippen LogP contribution in [0.1, 0.15) is 133 Å². The fourth-order valence-corrected chi connectivity index (χ4v) is 13.5. The number of pyridine rings is 1. The predicted octanol–water partition coefficient (Wildman–Crippen LogP) is 18.4. The first-order valence-electron chi connectivity index (χ1n) is 29.7. The number of nitrogens with zero attached hydrogens (tertiary/aromatic N) is 4. The number of ether oxygens (including phenoxy) is 1. The second kappa shape index (κ2) is 18.3. The van der Waals surface area contributed by atoms with E-state index in [1.807, 2.05) is 54.0 Å². The molecule has 18 rings (SSSR count). The van der Waals surface area contributed by atoms with Crippen LogP contribution < -0.4 is 14.5 Å². The average molecular weight is 1210 g/mol. The summed E-state index contributed by atoms with van der Waals surface area (Å²) in [5.74, 6) is 1.93. The summed E-state index contributed by atoms with van der Waals surface area (Å²) in [5, 5.41) is 1.97. The van der Waals surface area contributed by atoms with Gasteiger partial charge in [-0.2, -0.15) is 12.1 Å².